The third-order valence-electron chi connectivity index (χ3n) is 2.86. The standard InChI is InChI=1S/C14H24NO3P/c1-5-13(4)18-19(16,17)7-6-15-14-9-11(2)8-12(3)10-14/h8-10,13,15H,5-7H2,1-4H3,(H,16,17). The smallest absolute Gasteiger partial charge is 0.330 e. The summed E-state index contributed by atoms with van der Waals surface area (Å²) in [4.78, 5) is 9.70. The first-order valence-corrected chi connectivity index (χ1v) is 8.41. The van der Waals surface area contributed by atoms with E-state index in [1.54, 1.807) is 6.92 Å². The summed E-state index contributed by atoms with van der Waals surface area (Å²) in [5.74, 6) is 0. The molecule has 0 fully saturated rings. The van der Waals surface area contributed by atoms with Gasteiger partial charge in [0, 0.05) is 12.2 Å². The maximum Gasteiger partial charge on any atom is 0.330 e. The van der Waals surface area contributed by atoms with Crippen LogP contribution in [0, 0.1) is 13.8 Å². The van der Waals surface area contributed by atoms with E-state index in [0.29, 0.717) is 6.54 Å². The molecule has 1 rings (SSSR count). The summed E-state index contributed by atoms with van der Waals surface area (Å²) in [6, 6.07) is 6.13. The van der Waals surface area contributed by atoms with Gasteiger partial charge in [0.1, 0.15) is 0 Å². The van der Waals surface area contributed by atoms with Gasteiger partial charge in [-0.25, -0.2) is 0 Å². The van der Waals surface area contributed by atoms with Gasteiger partial charge >= 0.3 is 7.60 Å². The van der Waals surface area contributed by atoms with Crippen LogP contribution >= 0.6 is 7.60 Å². The highest BCUT2D eigenvalue weighted by atomic mass is 31.2. The second kappa shape index (κ2) is 7.09. The summed E-state index contributed by atoms with van der Waals surface area (Å²) in [5.41, 5.74) is 3.32. The Bertz CT molecular complexity index is 442. The van der Waals surface area contributed by atoms with E-state index >= 15 is 0 Å². The molecule has 19 heavy (non-hydrogen) atoms. The quantitative estimate of drug-likeness (QED) is 0.750. The van der Waals surface area contributed by atoms with Crippen molar-refractivity contribution in [2.75, 3.05) is 18.0 Å². The summed E-state index contributed by atoms with van der Waals surface area (Å²) in [7, 11) is -3.49. The first kappa shape index (κ1) is 16.2. The molecule has 0 aliphatic heterocycles. The molecule has 2 N–H and O–H groups in total. The molecular formula is C14H24NO3P. The molecular weight excluding hydrogens is 261 g/mol. The van der Waals surface area contributed by atoms with Gasteiger partial charge in [0.15, 0.2) is 0 Å². The SMILES string of the molecule is CCC(C)OP(=O)(O)CCNc1cc(C)cc(C)c1. The fraction of sp³-hybridized carbons (Fsp3) is 0.571. The van der Waals surface area contributed by atoms with Gasteiger partial charge in [0.05, 0.1) is 12.3 Å². The van der Waals surface area contributed by atoms with E-state index in [0.717, 1.165) is 12.1 Å². The van der Waals surface area contributed by atoms with Crippen molar-refractivity contribution in [1.29, 1.82) is 0 Å². The average molecular weight is 285 g/mol. The van der Waals surface area contributed by atoms with Gasteiger partial charge in [0.2, 0.25) is 0 Å². The van der Waals surface area contributed by atoms with E-state index in [1.165, 1.54) is 11.1 Å². The van der Waals surface area contributed by atoms with Crippen molar-refractivity contribution in [3.05, 3.63) is 29.3 Å². The van der Waals surface area contributed by atoms with Crippen molar-refractivity contribution in [3.63, 3.8) is 0 Å². The number of hydrogen-bond donors (Lipinski definition) is 2. The molecule has 0 spiro atoms. The maximum atomic E-state index is 11.8. The topological polar surface area (TPSA) is 58.6 Å². The van der Waals surface area contributed by atoms with Gasteiger partial charge in [-0.05, 0) is 50.5 Å². The van der Waals surface area contributed by atoms with Crippen molar-refractivity contribution in [1.82, 2.24) is 0 Å². The fourth-order valence-electron chi connectivity index (χ4n) is 1.83. The Hall–Kier alpha value is -0.830. The highest BCUT2D eigenvalue weighted by Gasteiger charge is 2.21. The summed E-state index contributed by atoms with van der Waals surface area (Å²) < 4.78 is 16.9. The van der Waals surface area contributed by atoms with Gasteiger partial charge in [-0.2, -0.15) is 0 Å². The molecule has 0 amide bonds. The molecule has 0 bridgehead atoms. The second-order valence-corrected chi connectivity index (χ2v) is 6.92. The lowest BCUT2D eigenvalue weighted by Gasteiger charge is -2.17. The fourth-order valence-corrected chi connectivity index (χ4v) is 3.04. The van der Waals surface area contributed by atoms with Crippen molar-refractivity contribution in [2.45, 2.75) is 40.2 Å². The molecule has 5 heteroatoms. The number of benzene rings is 1. The van der Waals surface area contributed by atoms with Gasteiger partial charge in [-0.15, -0.1) is 0 Å². The molecule has 4 nitrogen and oxygen atoms in total. The third-order valence-corrected chi connectivity index (χ3v) is 4.34. The third kappa shape index (κ3) is 6.24. The van der Waals surface area contributed by atoms with Crippen molar-refractivity contribution >= 4 is 13.3 Å². The predicted octanol–water partition coefficient (Wildman–Crippen LogP) is 3.72. The van der Waals surface area contributed by atoms with Crippen LogP contribution in [0.5, 0.6) is 0 Å². The number of aryl methyl sites for hydroxylation is 2. The number of anilines is 1. The van der Waals surface area contributed by atoms with Crippen molar-refractivity contribution < 1.29 is 14.0 Å². The average Bonchev–Trinajstić information content (AvgIpc) is 2.26. The Morgan fingerprint density at radius 1 is 1.32 bits per heavy atom. The molecule has 0 radical (unpaired) electrons. The molecule has 0 aliphatic rings. The van der Waals surface area contributed by atoms with E-state index in [-0.39, 0.29) is 12.3 Å². The van der Waals surface area contributed by atoms with Crippen LogP contribution in [-0.4, -0.2) is 23.7 Å². The molecule has 2 unspecified atom stereocenters. The largest absolute Gasteiger partial charge is 0.384 e. The molecule has 0 aromatic heterocycles. The Labute approximate surface area is 115 Å². The first-order valence-electron chi connectivity index (χ1n) is 6.65. The van der Waals surface area contributed by atoms with Gasteiger partial charge in [-0.1, -0.05) is 13.0 Å². The Balaban J connectivity index is 2.47. The molecule has 0 heterocycles. The van der Waals surface area contributed by atoms with Gasteiger partial charge < -0.3 is 14.7 Å². The zero-order chi connectivity index (χ0) is 14.5. The zero-order valence-electron chi connectivity index (χ0n) is 12.1. The van der Waals surface area contributed by atoms with Crippen LogP contribution in [0.15, 0.2) is 18.2 Å². The first-order chi connectivity index (χ1) is 8.82. The van der Waals surface area contributed by atoms with Gasteiger partial charge in [-0.3, -0.25) is 4.57 Å². The monoisotopic (exact) mass is 285 g/mol. The number of rotatable bonds is 7. The zero-order valence-corrected chi connectivity index (χ0v) is 13.0. The lowest BCUT2D eigenvalue weighted by molar-refractivity contribution is 0.186. The minimum atomic E-state index is -3.49. The van der Waals surface area contributed by atoms with E-state index in [4.69, 9.17) is 4.52 Å². The van der Waals surface area contributed by atoms with Crippen molar-refractivity contribution in [3.8, 4) is 0 Å². The highest BCUT2D eigenvalue weighted by Crippen LogP contribution is 2.43. The minimum Gasteiger partial charge on any atom is -0.384 e. The van der Waals surface area contributed by atoms with E-state index < -0.39 is 7.60 Å². The summed E-state index contributed by atoms with van der Waals surface area (Å²) >= 11 is 0. The Morgan fingerprint density at radius 2 is 1.89 bits per heavy atom. The number of hydrogen-bond acceptors (Lipinski definition) is 3. The van der Waals surface area contributed by atoms with Crippen LogP contribution in [-0.2, 0) is 9.09 Å². The Morgan fingerprint density at radius 3 is 2.42 bits per heavy atom. The predicted molar refractivity (Wildman–Crippen MR) is 79.9 cm³/mol. The summed E-state index contributed by atoms with van der Waals surface area (Å²) in [6.07, 6.45) is 0.663. The maximum absolute atomic E-state index is 11.8. The minimum absolute atomic E-state index is 0.115. The van der Waals surface area contributed by atoms with Crippen LogP contribution in [0.2, 0.25) is 0 Å². The van der Waals surface area contributed by atoms with E-state index in [1.807, 2.05) is 32.9 Å². The molecule has 1 aromatic carbocycles. The lowest BCUT2D eigenvalue weighted by Crippen LogP contribution is -2.12. The summed E-state index contributed by atoms with van der Waals surface area (Å²) in [6.45, 7) is 8.22. The van der Waals surface area contributed by atoms with Crippen LogP contribution < -0.4 is 5.32 Å². The molecule has 108 valence electrons. The molecule has 1 aromatic rings. The molecule has 2 atom stereocenters. The van der Waals surface area contributed by atoms with E-state index in [9.17, 15) is 9.46 Å². The van der Waals surface area contributed by atoms with Crippen LogP contribution in [0.1, 0.15) is 31.4 Å². The van der Waals surface area contributed by atoms with Crippen LogP contribution in [0.25, 0.3) is 0 Å². The second-order valence-electron chi connectivity index (χ2n) is 4.99. The van der Waals surface area contributed by atoms with Crippen molar-refractivity contribution in [2.24, 2.45) is 0 Å². The Kier molecular flexibility index (Phi) is 6.05. The normalized spacial score (nSPS) is 15.8. The summed E-state index contributed by atoms with van der Waals surface area (Å²) in [5, 5.41) is 3.16. The lowest BCUT2D eigenvalue weighted by atomic mass is 10.1. The number of nitrogens with one attached hydrogen (secondary N) is 1. The molecule has 0 saturated carbocycles. The van der Waals surface area contributed by atoms with Crippen LogP contribution in [0.4, 0.5) is 5.69 Å². The van der Waals surface area contributed by atoms with Gasteiger partial charge in [0.25, 0.3) is 0 Å². The highest BCUT2D eigenvalue weighted by molar-refractivity contribution is 7.52. The van der Waals surface area contributed by atoms with Crippen LogP contribution in [0.3, 0.4) is 0 Å². The van der Waals surface area contributed by atoms with E-state index in [2.05, 4.69) is 11.4 Å². The molecule has 0 saturated heterocycles. The molecule has 0 aliphatic carbocycles.